The highest BCUT2D eigenvalue weighted by molar-refractivity contribution is 8.32. The number of aromatic nitrogens is 24. The van der Waals surface area contributed by atoms with E-state index in [1.165, 1.54) is 74.4 Å². The first-order valence-corrected chi connectivity index (χ1v) is 62.5. The highest BCUT2D eigenvalue weighted by Crippen LogP contribution is 2.57. The van der Waals surface area contributed by atoms with E-state index in [1.54, 1.807) is 6.92 Å². The molecule has 7 aliphatic heterocycles. The van der Waals surface area contributed by atoms with E-state index in [1.807, 2.05) is 0 Å². The Morgan fingerprint density at radius 1 is 0.353 bits per heavy atom. The molecule has 16 N–H and O–H groups in total. The van der Waals surface area contributed by atoms with Crippen LogP contribution in [0.2, 0.25) is 0 Å². The Labute approximate surface area is 875 Å². The minimum absolute atomic E-state index is 0.0219. The highest BCUT2D eigenvalue weighted by Gasteiger charge is 2.50. The van der Waals surface area contributed by atoms with Crippen LogP contribution in [-0.4, -0.2) is 249 Å². The van der Waals surface area contributed by atoms with E-state index in [9.17, 15) is 53.2 Å². The lowest BCUT2D eigenvalue weighted by Gasteiger charge is -2.36. The third kappa shape index (κ3) is 24.4. The van der Waals surface area contributed by atoms with Crippen LogP contribution in [-0.2, 0) is 184 Å². The fourth-order valence-electron chi connectivity index (χ4n) is 17.7. The van der Waals surface area contributed by atoms with Crippen molar-refractivity contribution in [2.24, 2.45) is 0 Å². The van der Waals surface area contributed by atoms with Gasteiger partial charge in [0.05, 0.1) is 120 Å². The zero-order valence-electron chi connectivity index (χ0n) is 77.5. The number of rotatable bonds is 41. The van der Waals surface area contributed by atoms with E-state index in [2.05, 4.69) is 84.7 Å². The molecule has 7 fully saturated rings. The number of nitrogens with two attached hydrogens (primary N) is 6. The molecule has 64 nitrogen and oxygen atoms in total. The fourth-order valence-corrected chi connectivity index (χ4v) is 27.4. The lowest BCUT2D eigenvalue weighted by atomic mass is 10.1. The van der Waals surface area contributed by atoms with Crippen molar-refractivity contribution in [3.05, 3.63) is 130 Å². The third-order valence-corrected chi connectivity index (χ3v) is 35.8. The fraction of sp³-hybridized carbons (Fsp3) is 0.542. The van der Waals surface area contributed by atoms with Gasteiger partial charge in [-0.3, -0.25) is 75.6 Å². The van der Waals surface area contributed by atoms with Gasteiger partial charge in [-0.25, -0.2) is 54.4 Å². The number of ether oxygens (including phenoxy) is 7. The summed E-state index contributed by atoms with van der Waals surface area (Å²) in [5, 5.41) is 0. The van der Waals surface area contributed by atoms with Gasteiger partial charge in [0.25, 0.3) is 22.2 Å². The Kier molecular flexibility index (Phi) is 32.2. The average molecular weight is 2360 g/mol. The van der Waals surface area contributed by atoms with Gasteiger partial charge in [0, 0.05) is 75.6 Å². The van der Waals surface area contributed by atoms with Crippen molar-refractivity contribution in [2.75, 3.05) is 81.2 Å². The van der Waals surface area contributed by atoms with E-state index in [-0.39, 0.29) is 142 Å². The van der Waals surface area contributed by atoms with Crippen LogP contribution in [0.15, 0.2) is 85.5 Å². The minimum atomic E-state index is -5.02. The lowest BCUT2D eigenvalue weighted by Crippen LogP contribution is -2.34. The number of nitrogens with one attached hydrogen (secondary N) is 4. The van der Waals surface area contributed by atoms with Crippen molar-refractivity contribution in [1.82, 2.24) is 117 Å². The quantitative estimate of drug-likeness (QED) is 0.0135. The summed E-state index contributed by atoms with van der Waals surface area (Å²) in [6.07, 6.45) is -18.5. The molecule has 0 bridgehead atoms. The summed E-state index contributed by atoms with van der Waals surface area (Å²) in [6.45, 7) is -33.8. The number of nitrogens with zero attached hydrogens (tertiary/aromatic N) is 20. The van der Waals surface area contributed by atoms with Gasteiger partial charge >= 0.3 is 11.4 Å². The zero-order chi connectivity index (χ0) is 107. The van der Waals surface area contributed by atoms with Gasteiger partial charge in [0.15, 0.2) is 63.2 Å². The van der Waals surface area contributed by atoms with Crippen molar-refractivity contribution < 1.29 is 130 Å². The van der Waals surface area contributed by atoms with E-state index in [4.69, 9.17) is 214 Å². The second-order valence-electron chi connectivity index (χ2n) is 34.5. The first-order chi connectivity index (χ1) is 71.0. The zero-order valence-corrected chi connectivity index (χ0v) is 89.5. The molecule has 12 aromatic heterocycles. The van der Waals surface area contributed by atoms with Gasteiger partial charge in [-0.1, -0.05) is 77.8 Å². The van der Waals surface area contributed by atoms with E-state index >= 15 is 9.46 Å². The van der Waals surface area contributed by atoms with E-state index < -0.39 is 256 Å². The van der Waals surface area contributed by atoms with Gasteiger partial charge < -0.3 is 173 Å². The molecule has 78 heteroatoms. The maximum absolute atomic E-state index is 15.2. The number of H-pyrrole nitrogens is 4. The molecule has 12 aromatic rings. The third-order valence-electron chi connectivity index (χ3n) is 24.7. The molecular formula is C72H86N30O34P7S7-7. The summed E-state index contributed by atoms with van der Waals surface area (Å²) in [4.78, 5) is 228. The van der Waals surface area contributed by atoms with Crippen LogP contribution in [0.3, 0.4) is 0 Å². The molecule has 0 aliphatic carbocycles. The monoisotopic (exact) mass is 2360 g/mol. The average Bonchev–Trinajstić information content (AvgIpc) is 1.63. The van der Waals surface area contributed by atoms with Crippen molar-refractivity contribution >= 4 is 221 Å². The molecule has 19 rings (SSSR count). The predicted molar refractivity (Wildman–Crippen MR) is 528 cm³/mol. The minimum Gasteiger partial charge on any atom is -0.780 e. The molecule has 0 spiro atoms. The maximum Gasteiger partial charge on any atom is 0.351 e. The molecular weight excluding hydrogens is 2270 g/mol. The molecule has 19 heterocycles. The Morgan fingerprint density at radius 2 is 0.633 bits per heavy atom. The Balaban J connectivity index is 0.546. The number of nitrogen functional groups attached to an aromatic ring is 6. The second-order valence-corrected chi connectivity index (χ2v) is 53.6. The molecule has 7 unspecified atom stereocenters. The van der Waals surface area contributed by atoms with Gasteiger partial charge in [-0.15, -0.1) is 0 Å². The maximum atomic E-state index is 15.2. The summed E-state index contributed by atoms with van der Waals surface area (Å²) < 4.78 is 151. The second kappa shape index (κ2) is 43.8. The van der Waals surface area contributed by atoms with Crippen LogP contribution >= 0.6 is 47.1 Å². The topological polar surface area (TPSA) is 873 Å². The Morgan fingerprint density at radius 3 is 0.967 bits per heavy atom. The van der Waals surface area contributed by atoms with Gasteiger partial charge in [-0.05, 0) is 20.3 Å². The number of aromatic amines is 4. The number of imidazole rings is 5. The molecule has 812 valence electrons. The summed E-state index contributed by atoms with van der Waals surface area (Å²) >= 11 is 38.4. The van der Waals surface area contributed by atoms with E-state index in [0.717, 1.165) is 35.2 Å². The van der Waals surface area contributed by atoms with Crippen LogP contribution < -0.4 is 97.4 Å². The highest BCUT2D eigenvalue weighted by atomic mass is 32.7. The lowest BCUT2D eigenvalue weighted by molar-refractivity contribution is -0.222. The summed E-state index contributed by atoms with van der Waals surface area (Å²) in [5.74, 6) is -1.11. The molecule has 150 heavy (non-hydrogen) atoms. The Bertz CT molecular complexity index is 7950. The molecule has 0 aromatic carbocycles. The normalized spacial score (nSPS) is 29.1. The summed E-state index contributed by atoms with van der Waals surface area (Å²) in [5.41, 5.74) is 32.1. The Hall–Kier alpha value is -8.09. The van der Waals surface area contributed by atoms with Crippen LogP contribution in [0, 0.1) is 13.8 Å². The first kappa shape index (κ1) is 110. The number of aryl methyl sites for hydroxylation is 2. The molecule has 0 radical (unpaired) electrons. The SMILES string of the molecule is CC[C@H]1O[C@@H](n2cc(C)c(=O)[nH]c2=O)C[C@H]1OP([O-])(=S)OC[C@H]1O[C@@H](n2cnc3c(=O)[nH]c(N)nc32)C[C@H]1OP([O-])(=S)OC[C@H]1O[C@@H](n2cnc3c(N)ncnc32)C[C@H]1OP(=O)([S-])OC[C@H]1O[C@@H](n2cnc3c(N)ncnc32)C[C@H]1OP([O-])(=S)OC[C@H]1O[C@@H](n2cnc3c(=O)[nH]c(N)nc32)C[C@H]1OP([O-])(=S)OC[C@H]1O[C@@H](n2cc(C)c(N)nc2=O)C[C@H]1OP([O-])(=S)OC[C@H]1O[C@@H](n2cnc3c(=O)[nH]c(N)nc32)C[C@H]1OP([O-])(=S)OC. The van der Waals surface area contributed by atoms with Crippen molar-refractivity contribution in [2.45, 2.75) is 201 Å². The molecule has 7 saturated heterocycles. The van der Waals surface area contributed by atoms with Crippen LogP contribution in [0.1, 0.15) is 113 Å². The first-order valence-electron chi connectivity index (χ1n) is 44.7. The molecule has 0 saturated carbocycles. The van der Waals surface area contributed by atoms with Crippen LogP contribution in [0.25, 0.3) is 55.8 Å². The molecule has 0 amide bonds. The van der Waals surface area contributed by atoms with Crippen molar-refractivity contribution in [3.63, 3.8) is 0 Å². The number of fused-ring (bicyclic) bond motifs is 5. The predicted octanol–water partition coefficient (Wildman–Crippen LogP) is -2.99. The number of hydrogen-bond donors (Lipinski definition) is 10. The smallest absolute Gasteiger partial charge is 0.351 e. The van der Waals surface area contributed by atoms with Gasteiger partial charge in [0.1, 0.15) is 150 Å². The van der Waals surface area contributed by atoms with Crippen molar-refractivity contribution in [3.8, 4) is 0 Å². The van der Waals surface area contributed by atoms with Gasteiger partial charge in [0.2, 0.25) is 17.8 Å². The molecule has 28 atom stereocenters. The molecule has 7 aliphatic rings. The largest absolute Gasteiger partial charge is 0.780 e. The van der Waals surface area contributed by atoms with Crippen LogP contribution in [0.4, 0.5) is 35.3 Å². The summed E-state index contributed by atoms with van der Waals surface area (Å²) in [6, 6.07) is 0. The van der Waals surface area contributed by atoms with Crippen molar-refractivity contribution in [1.29, 1.82) is 0 Å². The van der Waals surface area contributed by atoms with Gasteiger partial charge in [-0.2, -0.15) is 19.9 Å². The number of hydrogen-bond acceptors (Lipinski definition) is 60. The standard InChI is InChI=1S/C72H93N30O34P7S7/c1-5-30-31(6-44(123-30)97-14-29(3)64(103)95-72(97)108)131-138(110,145)117-19-42-36(11-49(128-42)101-26-86-54-62(101)90-69(77)93-66(54)105)136-143(115,150)121-18-41-34(9-46(126-41)98-23-83-51-57(74)79-21-81-59(51)98)133-141(113,148)120-17-40-35(10-47(125-40)99-24-84-52-58(75)80-22-82-60(52)99)134-142(114,149)122-20-43-37(12-50(129-43)102-27-87-55-63(102)91-70(78)94-67(55)106)135-140(112,147)119-16-39-33(7-45(124-39)96-13-28(2)56(73)88-71(96)107)132-139(111,146)118-15-38-32(130-137(109,144)116-4)8-48(127-38)100-25-85-53-61(100)89-68(76)92-65(53)104/h13-14,21-27,30-50H,5-12,15-20H2,1-4H3,(H,109,144)(H,110,145)(H,111,146)(H,112,147)(H,113,148)(H,114,149)(H,115,150)(H2,73,88,107)(H2,74,79,81)(H2,75,80,82)(H,95,103,108)(H3,76,89,92,104)(H3,77,90,93,105)(H3,78,91,94,106)/p-7/t30-,31-,32-,33-,34-,35-,36-,37-,38-,39-,40-,41-,42-,43-,44-,45-,46-,47-,48-,49-,50-,137?,138?,139?,140?,141?,142?,143?/m1/s1. The summed E-state index contributed by atoms with van der Waals surface area (Å²) in [7, 11) is 1.04. The van der Waals surface area contributed by atoms with E-state index in [0.29, 0.717) is 5.56 Å². The van der Waals surface area contributed by atoms with Crippen LogP contribution in [0.5, 0.6) is 0 Å². The number of anilines is 6.